The highest BCUT2D eigenvalue weighted by atomic mass is 15.2. The molecule has 0 bridgehead atoms. The second kappa shape index (κ2) is 5.08. The van der Waals surface area contributed by atoms with Gasteiger partial charge in [-0.25, -0.2) is 9.97 Å². The Kier molecular flexibility index (Phi) is 3.12. The van der Waals surface area contributed by atoms with Gasteiger partial charge < -0.3 is 10.6 Å². The minimum absolute atomic E-state index is 0.517. The minimum atomic E-state index is 0.517. The van der Waals surface area contributed by atoms with Gasteiger partial charge in [0.15, 0.2) is 17.0 Å². The summed E-state index contributed by atoms with van der Waals surface area (Å²) in [5, 5.41) is 5.94. The Morgan fingerprint density at radius 2 is 1.70 bits per heavy atom. The minimum Gasteiger partial charge on any atom is -0.371 e. The molecule has 6 heteroatoms. The Hall–Kier alpha value is -2.76. The molecule has 0 aliphatic rings. The van der Waals surface area contributed by atoms with Crippen molar-refractivity contribution in [3.05, 3.63) is 36.5 Å². The van der Waals surface area contributed by atoms with E-state index in [4.69, 9.17) is 0 Å². The van der Waals surface area contributed by atoms with Crippen molar-refractivity contribution in [2.75, 3.05) is 24.7 Å². The first-order valence-corrected chi connectivity index (χ1v) is 6.27. The molecular weight excluding hydrogens is 252 g/mol. The maximum Gasteiger partial charge on any atom is 0.226 e. The summed E-state index contributed by atoms with van der Waals surface area (Å²) in [5.74, 6) is 1.17. The van der Waals surface area contributed by atoms with Crippen LogP contribution in [0, 0.1) is 0 Å². The summed E-state index contributed by atoms with van der Waals surface area (Å²) in [4.78, 5) is 17.6. The molecule has 0 unspecified atom stereocenters. The van der Waals surface area contributed by atoms with E-state index in [9.17, 15) is 0 Å². The third-order valence-corrected chi connectivity index (χ3v) is 2.94. The van der Waals surface area contributed by atoms with Crippen molar-refractivity contribution in [3.8, 4) is 11.3 Å². The fraction of sp³-hybridized carbons (Fsp3) is 0.143. The normalized spacial score (nSPS) is 10.5. The number of aromatic nitrogens is 4. The van der Waals surface area contributed by atoms with E-state index in [0.717, 1.165) is 11.3 Å². The molecule has 100 valence electrons. The van der Waals surface area contributed by atoms with Crippen LogP contribution in [0.15, 0.2) is 36.5 Å². The number of hydrogen-bond donors (Lipinski definition) is 2. The molecule has 0 aliphatic carbocycles. The number of nitrogens with one attached hydrogen (secondary N) is 2. The Bertz CT molecular complexity index is 741. The zero-order valence-electron chi connectivity index (χ0n) is 11.3. The van der Waals surface area contributed by atoms with Crippen LogP contribution in [-0.2, 0) is 0 Å². The van der Waals surface area contributed by atoms with Gasteiger partial charge in [0.25, 0.3) is 0 Å². The van der Waals surface area contributed by atoms with Gasteiger partial charge in [0.2, 0.25) is 5.95 Å². The van der Waals surface area contributed by atoms with Gasteiger partial charge in [-0.05, 0) is 0 Å². The number of fused-ring (bicyclic) bond motifs is 1. The molecule has 20 heavy (non-hydrogen) atoms. The maximum absolute atomic E-state index is 4.61. The van der Waals surface area contributed by atoms with Crippen molar-refractivity contribution < 1.29 is 0 Å². The van der Waals surface area contributed by atoms with Crippen LogP contribution in [-0.4, -0.2) is 34.0 Å². The molecule has 3 aromatic rings. The molecule has 0 aliphatic heterocycles. The van der Waals surface area contributed by atoms with Crippen molar-refractivity contribution in [1.82, 2.24) is 19.9 Å². The highest BCUT2D eigenvalue weighted by molar-refractivity contribution is 5.85. The predicted octanol–water partition coefficient (Wildman–Crippen LogP) is 2.17. The average molecular weight is 266 g/mol. The van der Waals surface area contributed by atoms with Crippen molar-refractivity contribution in [2.24, 2.45) is 0 Å². The number of rotatable bonds is 3. The lowest BCUT2D eigenvalue weighted by atomic mass is 10.2. The standard InChI is InChI=1S/C14H14N6/c1-15-12-11-13(20-14(16-2)19-12)17-8-10(18-11)9-6-4-3-5-7-9/h3-8H,1-2H3,(H2,15,16,17,19,20). The SMILES string of the molecule is CNc1nc(NC)c2nc(-c3ccccc3)cnc2n1. The zero-order chi connectivity index (χ0) is 13.9. The number of nitrogens with zero attached hydrogens (tertiary/aromatic N) is 4. The zero-order valence-corrected chi connectivity index (χ0v) is 11.3. The molecule has 0 saturated heterocycles. The lowest BCUT2D eigenvalue weighted by molar-refractivity contribution is 1.13. The Morgan fingerprint density at radius 3 is 2.40 bits per heavy atom. The molecule has 0 fully saturated rings. The lowest BCUT2D eigenvalue weighted by Crippen LogP contribution is -2.04. The summed E-state index contributed by atoms with van der Waals surface area (Å²) < 4.78 is 0. The molecule has 3 rings (SSSR count). The number of benzene rings is 1. The van der Waals surface area contributed by atoms with Crippen molar-refractivity contribution in [3.63, 3.8) is 0 Å². The average Bonchev–Trinajstić information content (AvgIpc) is 2.54. The summed E-state index contributed by atoms with van der Waals surface area (Å²) in [6.07, 6.45) is 1.73. The second-order valence-corrected chi connectivity index (χ2v) is 4.19. The summed E-state index contributed by atoms with van der Waals surface area (Å²) in [6, 6.07) is 9.91. The van der Waals surface area contributed by atoms with Crippen LogP contribution in [0.1, 0.15) is 0 Å². The van der Waals surface area contributed by atoms with Gasteiger partial charge in [0.1, 0.15) is 0 Å². The maximum atomic E-state index is 4.61. The van der Waals surface area contributed by atoms with Gasteiger partial charge in [-0.3, -0.25) is 0 Å². The molecule has 2 aromatic heterocycles. The molecule has 6 nitrogen and oxygen atoms in total. The molecule has 2 heterocycles. The molecule has 0 amide bonds. The van der Waals surface area contributed by atoms with Crippen LogP contribution >= 0.6 is 0 Å². The van der Waals surface area contributed by atoms with Crippen LogP contribution in [0.2, 0.25) is 0 Å². The van der Waals surface area contributed by atoms with Gasteiger partial charge in [-0.2, -0.15) is 9.97 Å². The van der Waals surface area contributed by atoms with Crippen molar-refractivity contribution in [1.29, 1.82) is 0 Å². The van der Waals surface area contributed by atoms with E-state index in [1.807, 2.05) is 30.3 Å². The first-order chi connectivity index (χ1) is 9.81. The summed E-state index contributed by atoms with van der Waals surface area (Å²) in [6.45, 7) is 0. The third-order valence-electron chi connectivity index (χ3n) is 2.94. The third kappa shape index (κ3) is 2.11. The highest BCUT2D eigenvalue weighted by Crippen LogP contribution is 2.22. The fourth-order valence-corrected chi connectivity index (χ4v) is 1.94. The largest absolute Gasteiger partial charge is 0.371 e. The number of anilines is 2. The Balaban J connectivity index is 2.20. The fourth-order valence-electron chi connectivity index (χ4n) is 1.94. The van der Waals surface area contributed by atoms with Gasteiger partial charge in [0.05, 0.1) is 11.9 Å². The van der Waals surface area contributed by atoms with Gasteiger partial charge >= 0.3 is 0 Å². The molecule has 2 N–H and O–H groups in total. The first-order valence-electron chi connectivity index (χ1n) is 6.27. The van der Waals surface area contributed by atoms with E-state index in [1.165, 1.54) is 0 Å². The highest BCUT2D eigenvalue weighted by Gasteiger charge is 2.10. The van der Waals surface area contributed by atoms with Crippen molar-refractivity contribution >= 4 is 22.9 Å². The van der Waals surface area contributed by atoms with Gasteiger partial charge in [0, 0.05) is 19.7 Å². The molecular formula is C14H14N6. The van der Waals surface area contributed by atoms with E-state index >= 15 is 0 Å². The van der Waals surface area contributed by atoms with Crippen LogP contribution in [0.4, 0.5) is 11.8 Å². The summed E-state index contributed by atoms with van der Waals surface area (Å²) in [5.41, 5.74) is 3.04. The monoisotopic (exact) mass is 266 g/mol. The molecule has 0 atom stereocenters. The van der Waals surface area contributed by atoms with Crippen LogP contribution in [0.3, 0.4) is 0 Å². The summed E-state index contributed by atoms with van der Waals surface area (Å²) in [7, 11) is 3.57. The van der Waals surface area contributed by atoms with E-state index in [2.05, 4.69) is 30.6 Å². The molecule has 0 saturated carbocycles. The van der Waals surface area contributed by atoms with E-state index in [0.29, 0.717) is 22.9 Å². The number of hydrogen-bond acceptors (Lipinski definition) is 6. The van der Waals surface area contributed by atoms with Crippen LogP contribution in [0.5, 0.6) is 0 Å². The van der Waals surface area contributed by atoms with Gasteiger partial charge in [-0.15, -0.1) is 0 Å². The second-order valence-electron chi connectivity index (χ2n) is 4.19. The quantitative estimate of drug-likeness (QED) is 0.756. The summed E-state index contributed by atoms with van der Waals surface area (Å²) >= 11 is 0. The van der Waals surface area contributed by atoms with Crippen LogP contribution in [0.25, 0.3) is 22.4 Å². The Morgan fingerprint density at radius 1 is 0.900 bits per heavy atom. The van der Waals surface area contributed by atoms with E-state index < -0.39 is 0 Å². The smallest absolute Gasteiger partial charge is 0.226 e. The van der Waals surface area contributed by atoms with E-state index in [1.54, 1.807) is 20.3 Å². The van der Waals surface area contributed by atoms with Crippen molar-refractivity contribution in [2.45, 2.75) is 0 Å². The molecule has 0 radical (unpaired) electrons. The topological polar surface area (TPSA) is 75.6 Å². The first kappa shape index (κ1) is 12.3. The van der Waals surface area contributed by atoms with Gasteiger partial charge in [-0.1, -0.05) is 30.3 Å². The Labute approximate surface area is 116 Å². The predicted molar refractivity (Wildman–Crippen MR) is 79.7 cm³/mol. The molecule has 0 spiro atoms. The lowest BCUT2D eigenvalue weighted by Gasteiger charge is -2.07. The molecule has 1 aromatic carbocycles. The van der Waals surface area contributed by atoms with E-state index in [-0.39, 0.29) is 0 Å². The van der Waals surface area contributed by atoms with Crippen LogP contribution < -0.4 is 10.6 Å².